The average molecular weight is 426 g/mol. The molecule has 30 heavy (non-hydrogen) atoms. The summed E-state index contributed by atoms with van der Waals surface area (Å²) in [4.78, 5) is 22.3. The summed E-state index contributed by atoms with van der Waals surface area (Å²) >= 11 is 0. The second-order valence-electron chi connectivity index (χ2n) is 6.28. The van der Waals surface area contributed by atoms with E-state index in [0.29, 0.717) is 11.3 Å². The quantitative estimate of drug-likeness (QED) is 0.344. The molecule has 3 aromatic rings. The molecular formula is C21H18N2O6S. The zero-order valence-corrected chi connectivity index (χ0v) is 16.8. The molecule has 3 rings (SSSR count). The fourth-order valence-corrected chi connectivity index (χ4v) is 3.71. The molecule has 0 saturated heterocycles. The van der Waals surface area contributed by atoms with Crippen LogP contribution in [0, 0.1) is 10.1 Å². The lowest BCUT2D eigenvalue weighted by Crippen LogP contribution is -2.13. The number of carbonyl (C=O) groups excluding carboxylic acids is 1. The third-order valence-electron chi connectivity index (χ3n) is 4.29. The Kier molecular flexibility index (Phi) is 6.12. The predicted octanol–water partition coefficient (Wildman–Crippen LogP) is 4.18. The Morgan fingerprint density at radius 3 is 2.40 bits per heavy atom. The molecule has 0 aromatic heterocycles. The summed E-state index contributed by atoms with van der Waals surface area (Å²) < 4.78 is 29.8. The van der Waals surface area contributed by atoms with Gasteiger partial charge < -0.3 is 9.50 Å². The first-order chi connectivity index (χ1) is 14.3. The lowest BCUT2D eigenvalue weighted by Gasteiger charge is -2.10. The molecule has 0 bridgehead atoms. The lowest BCUT2D eigenvalue weighted by atomic mass is 10.1. The van der Waals surface area contributed by atoms with Gasteiger partial charge in [-0.05, 0) is 48.4 Å². The highest BCUT2D eigenvalue weighted by atomic mass is 32.2. The Bertz CT molecular complexity index is 1190. The maximum absolute atomic E-state index is 12.5. The second kappa shape index (κ2) is 8.75. The van der Waals surface area contributed by atoms with E-state index in [0.717, 1.165) is 18.1 Å². The number of aryl methyl sites for hydroxylation is 1. The second-order valence-corrected chi connectivity index (χ2v) is 7.83. The van der Waals surface area contributed by atoms with E-state index in [4.69, 9.17) is 4.18 Å². The Labute approximate surface area is 173 Å². The standard InChI is InChI=1S/C21H18N2O6S/c1-2-15-6-3-4-9-20(15)22-21(24)16-10-12-18(13-11-16)29-30(27,28)19-8-5-7-17(14-19)23(25)26/h3-14H,2H2,1H3,(H,22,24). The van der Waals surface area contributed by atoms with E-state index >= 15 is 0 Å². The van der Waals surface area contributed by atoms with Gasteiger partial charge in [-0.3, -0.25) is 14.9 Å². The summed E-state index contributed by atoms with van der Waals surface area (Å²) in [6.07, 6.45) is 0.763. The number of nitro benzene ring substituents is 1. The van der Waals surface area contributed by atoms with Crippen LogP contribution in [0.2, 0.25) is 0 Å². The molecule has 154 valence electrons. The summed E-state index contributed by atoms with van der Waals surface area (Å²) in [7, 11) is -4.27. The van der Waals surface area contributed by atoms with Gasteiger partial charge >= 0.3 is 10.1 Å². The summed E-state index contributed by atoms with van der Waals surface area (Å²) in [6, 6.07) is 17.6. The van der Waals surface area contributed by atoms with Crippen molar-refractivity contribution in [2.24, 2.45) is 0 Å². The van der Waals surface area contributed by atoms with E-state index in [1.165, 1.54) is 42.5 Å². The molecule has 0 aliphatic carbocycles. The highest BCUT2D eigenvalue weighted by Crippen LogP contribution is 2.23. The Morgan fingerprint density at radius 1 is 1.03 bits per heavy atom. The minimum Gasteiger partial charge on any atom is -0.379 e. The third-order valence-corrected chi connectivity index (χ3v) is 5.53. The molecule has 0 radical (unpaired) electrons. The summed E-state index contributed by atoms with van der Waals surface area (Å²) in [5.74, 6) is -0.365. The number of carbonyl (C=O) groups is 1. The molecule has 0 atom stereocenters. The van der Waals surface area contributed by atoms with Gasteiger partial charge in [0.15, 0.2) is 0 Å². The summed E-state index contributed by atoms with van der Waals surface area (Å²) in [6.45, 7) is 1.99. The largest absolute Gasteiger partial charge is 0.379 e. The van der Waals surface area contributed by atoms with Gasteiger partial charge in [0.05, 0.1) is 4.92 Å². The van der Waals surface area contributed by atoms with Gasteiger partial charge in [0.25, 0.3) is 11.6 Å². The molecule has 0 aliphatic rings. The number of anilines is 1. The van der Waals surface area contributed by atoms with E-state index in [9.17, 15) is 23.3 Å². The fraction of sp³-hybridized carbons (Fsp3) is 0.0952. The number of amides is 1. The molecule has 1 amide bonds. The van der Waals surface area contributed by atoms with Crippen molar-refractivity contribution in [2.45, 2.75) is 18.2 Å². The molecule has 0 fully saturated rings. The van der Waals surface area contributed by atoms with Crippen molar-refractivity contribution in [2.75, 3.05) is 5.32 Å². The summed E-state index contributed by atoms with van der Waals surface area (Å²) in [5.41, 5.74) is 1.66. The number of nitro groups is 1. The Hall–Kier alpha value is -3.72. The van der Waals surface area contributed by atoms with E-state index in [1.807, 2.05) is 25.1 Å². The molecule has 0 aliphatic heterocycles. The average Bonchev–Trinajstić information content (AvgIpc) is 2.74. The number of non-ortho nitro benzene ring substituents is 1. The number of rotatable bonds is 7. The van der Waals surface area contributed by atoms with E-state index in [2.05, 4.69) is 5.32 Å². The number of hydrogen-bond acceptors (Lipinski definition) is 6. The fourth-order valence-electron chi connectivity index (χ4n) is 2.73. The maximum Gasteiger partial charge on any atom is 0.339 e. The minimum absolute atomic E-state index is 0.0213. The molecule has 1 N–H and O–H groups in total. The topological polar surface area (TPSA) is 116 Å². The maximum atomic E-state index is 12.5. The first kappa shape index (κ1) is 21.0. The van der Waals surface area contributed by atoms with Crippen LogP contribution >= 0.6 is 0 Å². The zero-order valence-electron chi connectivity index (χ0n) is 15.9. The predicted molar refractivity (Wildman–Crippen MR) is 111 cm³/mol. The van der Waals surface area contributed by atoms with Gasteiger partial charge in [-0.1, -0.05) is 31.2 Å². The smallest absolute Gasteiger partial charge is 0.339 e. The van der Waals surface area contributed by atoms with Crippen LogP contribution < -0.4 is 9.50 Å². The lowest BCUT2D eigenvalue weighted by molar-refractivity contribution is -0.385. The molecular weight excluding hydrogens is 408 g/mol. The first-order valence-electron chi connectivity index (χ1n) is 8.98. The van der Waals surface area contributed by atoms with Gasteiger partial charge in [-0.15, -0.1) is 0 Å². The minimum atomic E-state index is -4.27. The Morgan fingerprint density at radius 2 is 1.73 bits per heavy atom. The van der Waals surface area contributed by atoms with Gasteiger partial charge in [0.1, 0.15) is 10.6 Å². The Balaban J connectivity index is 1.74. The number of nitrogens with one attached hydrogen (secondary N) is 1. The zero-order chi connectivity index (χ0) is 21.7. The van der Waals surface area contributed by atoms with E-state index in [1.54, 1.807) is 6.07 Å². The normalized spacial score (nSPS) is 11.0. The van der Waals surface area contributed by atoms with Gasteiger partial charge in [0.2, 0.25) is 0 Å². The van der Waals surface area contributed by atoms with Crippen molar-refractivity contribution in [3.63, 3.8) is 0 Å². The number of benzene rings is 3. The molecule has 0 unspecified atom stereocenters. The van der Waals surface area contributed by atoms with Crippen LogP contribution in [-0.2, 0) is 16.5 Å². The van der Waals surface area contributed by atoms with E-state index in [-0.39, 0.29) is 22.2 Å². The highest BCUT2D eigenvalue weighted by molar-refractivity contribution is 7.87. The number of para-hydroxylation sites is 1. The van der Waals surface area contributed by atoms with Crippen molar-refractivity contribution in [3.8, 4) is 5.75 Å². The number of nitrogens with zero attached hydrogens (tertiary/aromatic N) is 1. The molecule has 0 spiro atoms. The molecule has 8 nitrogen and oxygen atoms in total. The third kappa shape index (κ3) is 4.81. The summed E-state index contributed by atoms with van der Waals surface area (Å²) in [5, 5.41) is 13.7. The molecule has 0 saturated carbocycles. The van der Waals surface area contributed by atoms with Crippen LogP contribution in [0.25, 0.3) is 0 Å². The van der Waals surface area contributed by atoms with Crippen molar-refractivity contribution in [1.82, 2.24) is 0 Å². The van der Waals surface area contributed by atoms with Crippen LogP contribution in [-0.4, -0.2) is 19.2 Å². The molecule has 9 heteroatoms. The SMILES string of the molecule is CCc1ccccc1NC(=O)c1ccc(OS(=O)(=O)c2cccc([N+](=O)[O-])c2)cc1. The van der Waals surface area contributed by atoms with Gasteiger partial charge in [0, 0.05) is 23.4 Å². The molecule has 3 aromatic carbocycles. The van der Waals surface area contributed by atoms with Crippen molar-refractivity contribution in [3.05, 3.63) is 94.0 Å². The van der Waals surface area contributed by atoms with Crippen LogP contribution in [0.1, 0.15) is 22.8 Å². The van der Waals surface area contributed by atoms with E-state index < -0.39 is 15.0 Å². The monoisotopic (exact) mass is 426 g/mol. The number of hydrogen-bond donors (Lipinski definition) is 1. The van der Waals surface area contributed by atoms with Crippen molar-refractivity contribution >= 4 is 27.4 Å². The van der Waals surface area contributed by atoms with Crippen LogP contribution in [0.15, 0.2) is 77.7 Å². The van der Waals surface area contributed by atoms with Crippen molar-refractivity contribution < 1.29 is 22.3 Å². The molecule has 0 heterocycles. The van der Waals surface area contributed by atoms with Gasteiger partial charge in [-0.2, -0.15) is 8.42 Å². The van der Waals surface area contributed by atoms with Gasteiger partial charge in [-0.25, -0.2) is 0 Å². The van der Waals surface area contributed by atoms with Crippen LogP contribution in [0.4, 0.5) is 11.4 Å². The highest BCUT2D eigenvalue weighted by Gasteiger charge is 2.20. The first-order valence-corrected chi connectivity index (χ1v) is 10.4. The van der Waals surface area contributed by atoms with Crippen LogP contribution in [0.3, 0.4) is 0 Å². The van der Waals surface area contributed by atoms with Crippen molar-refractivity contribution in [1.29, 1.82) is 0 Å². The van der Waals surface area contributed by atoms with Crippen LogP contribution in [0.5, 0.6) is 5.75 Å².